The lowest BCUT2D eigenvalue weighted by Gasteiger charge is -2.28. The van der Waals surface area contributed by atoms with E-state index >= 15 is 0 Å². The number of ether oxygens (including phenoxy) is 1. The normalized spacial score (nSPS) is 16.3. The average Bonchev–Trinajstić information content (AvgIpc) is 2.22. The molecule has 0 amide bonds. The second kappa shape index (κ2) is 5.98. The van der Waals surface area contributed by atoms with Crippen LogP contribution >= 0.6 is 0 Å². The highest BCUT2D eigenvalue weighted by Gasteiger charge is 2.45. The summed E-state index contributed by atoms with van der Waals surface area (Å²) >= 11 is 0. The molecule has 6 N–H and O–H groups in total. The van der Waals surface area contributed by atoms with Gasteiger partial charge in [-0.2, -0.15) is 0 Å². The van der Waals surface area contributed by atoms with E-state index in [0.717, 1.165) is 0 Å². The molecule has 0 aromatic rings. The molecule has 0 saturated heterocycles. The maximum atomic E-state index is 11.8. The SMILES string of the molecule is CC(C)(C)OC(=O)C(N)(CCC(N)C(=O)O)C(=O)O. The molecule has 8 heteroatoms. The van der Waals surface area contributed by atoms with Crippen molar-refractivity contribution >= 4 is 17.9 Å². The monoisotopic (exact) mass is 276 g/mol. The predicted octanol–water partition coefficient (Wildman–Crippen LogP) is -0.698. The number of carbonyl (C=O) groups is 3. The minimum absolute atomic E-state index is 0.253. The van der Waals surface area contributed by atoms with E-state index in [0.29, 0.717) is 0 Å². The zero-order chi connectivity index (χ0) is 15.4. The molecule has 8 nitrogen and oxygen atoms in total. The van der Waals surface area contributed by atoms with Gasteiger partial charge in [0.2, 0.25) is 5.54 Å². The highest BCUT2D eigenvalue weighted by atomic mass is 16.6. The van der Waals surface area contributed by atoms with Gasteiger partial charge in [-0.15, -0.1) is 0 Å². The van der Waals surface area contributed by atoms with E-state index in [-0.39, 0.29) is 6.42 Å². The summed E-state index contributed by atoms with van der Waals surface area (Å²) in [7, 11) is 0. The van der Waals surface area contributed by atoms with Crippen LogP contribution in [0.3, 0.4) is 0 Å². The summed E-state index contributed by atoms with van der Waals surface area (Å²) in [6.45, 7) is 4.70. The van der Waals surface area contributed by atoms with E-state index < -0.39 is 41.5 Å². The largest absolute Gasteiger partial charge is 0.480 e. The fourth-order valence-corrected chi connectivity index (χ4v) is 1.17. The van der Waals surface area contributed by atoms with Crippen molar-refractivity contribution in [1.29, 1.82) is 0 Å². The Kier molecular flexibility index (Phi) is 5.46. The number of carbonyl (C=O) groups excluding carboxylic acids is 1. The van der Waals surface area contributed by atoms with E-state index in [1.807, 2.05) is 0 Å². The summed E-state index contributed by atoms with van der Waals surface area (Å²) in [6, 6.07) is -1.29. The Hall–Kier alpha value is -1.67. The molecule has 0 aromatic carbocycles. The molecular formula is C11H20N2O6. The van der Waals surface area contributed by atoms with Crippen molar-refractivity contribution in [2.75, 3.05) is 0 Å². The molecule has 0 bridgehead atoms. The maximum Gasteiger partial charge on any atom is 0.338 e. The Balaban J connectivity index is 4.91. The molecule has 110 valence electrons. The van der Waals surface area contributed by atoms with Crippen LogP contribution in [0.4, 0.5) is 0 Å². The minimum Gasteiger partial charge on any atom is -0.480 e. The standard InChI is InChI=1S/C11H20N2O6/c1-10(2,3)19-9(18)11(13,8(16)17)5-4-6(12)7(14)15/h6H,4-5,12-13H2,1-3H3,(H,14,15)(H,16,17). The van der Waals surface area contributed by atoms with Gasteiger partial charge in [0.1, 0.15) is 11.6 Å². The summed E-state index contributed by atoms with van der Waals surface area (Å²) in [5, 5.41) is 17.7. The summed E-state index contributed by atoms with van der Waals surface area (Å²) in [5.74, 6) is -4.00. The average molecular weight is 276 g/mol. The molecule has 0 heterocycles. The number of hydrogen-bond donors (Lipinski definition) is 4. The van der Waals surface area contributed by atoms with Crippen molar-refractivity contribution in [3.63, 3.8) is 0 Å². The molecule has 2 atom stereocenters. The quantitative estimate of drug-likeness (QED) is 0.367. The molecule has 0 saturated carbocycles. The minimum atomic E-state index is -2.31. The summed E-state index contributed by atoms with van der Waals surface area (Å²) < 4.78 is 4.92. The first-order valence-corrected chi connectivity index (χ1v) is 5.64. The Bertz CT molecular complexity index is 376. The van der Waals surface area contributed by atoms with Crippen molar-refractivity contribution < 1.29 is 29.3 Å². The van der Waals surface area contributed by atoms with Gasteiger partial charge >= 0.3 is 17.9 Å². The highest BCUT2D eigenvalue weighted by Crippen LogP contribution is 2.18. The molecule has 0 aliphatic carbocycles. The van der Waals surface area contributed by atoms with E-state index in [2.05, 4.69) is 0 Å². The first kappa shape index (κ1) is 17.3. The Morgan fingerprint density at radius 3 is 2.00 bits per heavy atom. The lowest BCUT2D eigenvalue weighted by atomic mass is 9.92. The summed E-state index contributed by atoms with van der Waals surface area (Å²) in [5.41, 5.74) is 7.57. The Morgan fingerprint density at radius 2 is 1.68 bits per heavy atom. The van der Waals surface area contributed by atoms with Crippen molar-refractivity contribution in [3.05, 3.63) is 0 Å². The van der Waals surface area contributed by atoms with Gasteiger partial charge in [0.05, 0.1) is 0 Å². The highest BCUT2D eigenvalue weighted by molar-refractivity contribution is 6.03. The van der Waals surface area contributed by atoms with E-state index in [9.17, 15) is 14.4 Å². The third-order valence-corrected chi connectivity index (χ3v) is 2.31. The van der Waals surface area contributed by atoms with Gasteiger partial charge in [-0.05, 0) is 33.6 Å². The fraction of sp³-hybridized carbons (Fsp3) is 0.727. The molecule has 19 heavy (non-hydrogen) atoms. The van der Waals surface area contributed by atoms with Crippen molar-refractivity contribution in [1.82, 2.24) is 0 Å². The zero-order valence-electron chi connectivity index (χ0n) is 11.2. The molecule has 0 aliphatic heterocycles. The third kappa shape index (κ3) is 5.23. The smallest absolute Gasteiger partial charge is 0.338 e. The molecule has 0 spiro atoms. The Labute approximate surface area is 110 Å². The van der Waals surface area contributed by atoms with E-state index in [1.54, 1.807) is 20.8 Å². The first-order chi connectivity index (χ1) is 8.40. The molecule has 2 unspecified atom stereocenters. The molecule has 0 rings (SSSR count). The third-order valence-electron chi connectivity index (χ3n) is 2.31. The second-order valence-corrected chi connectivity index (χ2v) is 5.26. The maximum absolute atomic E-state index is 11.8. The van der Waals surface area contributed by atoms with E-state index in [4.69, 9.17) is 26.4 Å². The number of rotatable bonds is 6. The second-order valence-electron chi connectivity index (χ2n) is 5.26. The van der Waals surface area contributed by atoms with Crippen molar-refractivity contribution in [3.8, 4) is 0 Å². The lowest BCUT2D eigenvalue weighted by Crippen LogP contribution is -2.57. The van der Waals surface area contributed by atoms with Crippen molar-refractivity contribution in [2.45, 2.75) is 50.8 Å². The van der Waals surface area contributed by atoms with Gasteiger partial charge < -0.3 is 26.4 Å². The van der Waals surface area contributed by atoms with E-state index in [1.165, 1.54) is 0 Å². The van der Waals surface area contributed by atoms with Crippen LogP contribution < -0.4 is 11.5 Å². The van der Waals surface area contributed by atoms with Gasteiger partial charge in [-0.1, -0.05) is 0 Å². The van der Waals surface area contributed by atoms with Crippen LogP contribution in [-0.4, -0.2) is 45.3 Å². The molecule has 0 radical (unpaired) electrons. The zero-order valence-corrected chi connectivity index (χ0v) is 11.2. The van der Waals surface area contributed by atoms with Gasteiger partial charge in [0, 0.05) is 0 Å². The van der Waals surface area contributed by atoms with Crippen LogP contribution in [-0.2, 0) is 19.1 Å². The fourth-order valence-electron chi connectivity index (χ4n) is 1.17. The Morgan fingerprint density at radius 1 is 1.21 bits per heavy atom. The topological polar surface area (TPSA) is 153 Å². The van der Waals surface area contributed by atoms with Crippen molar-refractivity contribution in [2.24, 2.45) is 11.5 Å². The summed E-state index contributed by atoms with van der Waals surface area (Å²) in [6.07, 6.45) is -0.678. The van der Waals surface area contributed by atoms with Crippen LogP contribution in [0.25, 0.3) is 0 Å². The predicted molar refractivity (Wildman–Crippen MR) is 65.2 cm³/mol. The van der Waals surface area contributed by atoms with Gasteiger partial charge in [-0.3, -0.25) is 4.79 Å². The van der Waals surface area contributed by atoms with Crippen LogP contribution in [0.5, 0.6) is 0 Å². The van der Waals surface area contributed by atoms with Crippen LogP contribution in [0.1, 0.15) is 33.6 Å². The molecular weight excluding hydrogens is 256 g/mol. The van der Waals surface area contributed by atoms with Crippen LogP contribution in [0.15, 0.2) is 0 Å². The number of nitrogens with two attached hydrogens (primary N) is 2. The summed E-state index contributed by atoms with van der Waals surface area (Å²) in [4.78, 5) is 33.5. The molecule has 0 fully saturated rings. The first-order valence-electron chi connectivity index (χ1n) is 5.64. The number of aliphatic carboxylic acids is 2. The van der Waals surface area contributed by atoms with Gasteiger partial charge in [0.15, 0.2) is 0 Å². The molecule has 0 aromatic heterocycles. The number of esters is 1. The number of hydrogen-bond acceptors (Lipinski definition) is 6. The van der Waals surface area contributed by atoms with Gasteiger partial charge in [0.25, 0.3) is 0 Å². The number of carboxylic acid groups (broad SMARTS) is 2. The number of carboxylic acids is 2. The van der Waals surface area contributed by atoms with Crippen LogP contribution in [0.2, 0.25) is 0 Å². The van der Waals surface area contributed by atoms with Gasteiger partial charge in [-0.25, -0.2) is 9.59 Å². The molecule has 0 aliphatic rings. The van der Waals surface area contributed by atoms with Crippen LogP contribution in [0, 0.1) is 0 Å². The lowest BCUT2D eigenvalue weighted by molar-refractivity contribution is -0.169.